The van der Waals surface area contributed by atoms with E-state index in [2.05, 4.69) is 15.0 Å². The Balaban J connectivity index is 1.85. The fourth-order valence-corrected chi connectivity index (χ4v) is 3.34. The smallest absolute Gasteiger partial charge is 0.233 e. The maximum atomic E-state index is 11.9. The van der Waals surface area contributed by atoms with Gasteiger partial charge in [0.1, 0.15) is 5.82 Å². The fraction of sp³-hybridized carbons (Fsp3) is 0.615. The highest BCUT2D eigenvalue weighted by Crippen LogP contribution is 2.12. The van der Waals surface area contributed by atoms with E-state index in [1.54, 1.807) is 12.3 Å². The van der Waals surface area contributed by atoms with Crippen molar-refractivity contribution in [1.29, 1.82) is 0 Å². The molecule has 1 unspecified atom stereocenters. The van der Waals surface area contributed by atoms with E-state index in [9.17, 15) is 8.42 Å². The maximum Gasteiger partial charge on any atom is 0.233 e. The van der Waals surface area contributed by atoms with Gasteiger partial charge in [-0.05, 0) is 44.4 Å². The number of pyridine rings is 1. The van der Waals surface area contributed by atoms with Crippen LogP contribution in [0.1, 0.15) is 31.2 Å². The molecule has 19 heavy (non-hydrogen) atoms. The summed E-state index contributed by atoms with van der Waals surface area (Å²) in [4.78, 5) is 4.05. The van der Waals surface area contributed by atoms with Gasteiger partial charge in [0.2, 0.25) is 10.0 Å². The van der Waals surface area contributed by atoms with Crippen LogP contribution < -0.4 is 10.0 Å². The molecule has 1 aliphatic heterocycles. The number of nitrogens with zero attached hydrogens (tertiary/aromatic N) is 1. The molecular weight excluding hydrogens is 262 g/mol. The van der Waals surface area contributed by atoms with Crippen LogP contribution in [0.25, 0.3) is 0 Å². The number of sulfonamides is 1. The standard InChI is InChI=1S/C13H21N3O2S/c1-11-5-6-13(15-10-11)16-19(17,18)9-7-12-4-2-3-8-14-12/h5-6,10,12,14H,2-4,7-9H2,1H3,(H,15,16). The Labute approximate surface area is 114 Å². The molecule has 2 heterocycles. The molecule has 0 spiro atoms. The van der Waals surface area contributed by atoms with E-state index >= 15 is 0 Å². The Morgan fingerprint density at radius 2 is 2.26 bits per heavy atom. The lowest BCUT2D eigenvalue weighted by Gasteiger charge is -2.23. The molecule has 1 atom stereocenters. The molecule has 2 N–H and O–H groups in total. The summed E-state index contributed by atoms with van der Waals surface area (Å²) in [5.74, 6) is 0.530. The van der Waals surface area contributed by atoms with E-state index in [0.717, 1.165) is 18.5 Å². The largest absolute Gasteiger partial charge is 0.314 e. The third-order valence-corrected chi connectivity index (χ3v) is 4.61. The molecule has 0 aliphatic carbocycles. The molecule has 1 saturated heterocycles. The summed E-state index contributed by atoms with van der Waals surface area (Å²) < 4.78 is 26.4. The minimum Gasteiger partial charge on any atom is -0.314 e. The van der Waals surface area contributed by atoms with Crippen LogP contribution in [-0.4, -0.2) is 31.7 Å². The zero-order chi connectivity index (χ0) is 13.7. The quantitative estimate of drug-likeness (QED) is 0.862. The summed E-state index contributed by atoms with van der Waals surface area (Å²) in [5, 5.41) is 3.36. The summed E-state index contributed by atoms with van der Waals surface area (Å²) in [7, 11) is -3.30. The van der Waals surface area contributed by atoms with Gasteiger partial charge in [0.05, 0.1) is 5.75 Å². The molecule has 0 saturated carbocycles. The minimum absolute atomic E-state index is 0.139. The van der Waals surface area contributed by atoms with Gasteiger partial charge in [-0.3, -0.25) is 4.72 Å². The Morgan fingerprint density at radius 1 is 1.42 bits per heavy atom. The van der Waals surface area contributed by atoms with Gasteiger partial charge in [-0.1, -0.05) is 12.5 Å². The van der Waals surface area contributed by atoms with Crippen LogP contribution in [-0.2, 0) is 10.0 Å². The molecule has 0 radical (unpaired) electrons. The molecule has 5 nitrogen and oxygen atoms in total. The van der Waals surface area contributed by atoms with E-state index < -0.39 is 10.0 Å². The van der Waals surface area contributed by atoms with Gasteiger partial charge in [-0.15, -0.1) is 0 Å². The van der Waals surface area contributed by atoms with Crippen molar-refractivity contribution in [3.8, 4) is 0 Å². The van der Waals surface area contributed by atoms with E-state index in [1.807, 2.05) is 13.0 Å². The van der Waals surface area contributed by atoms with E-state index in [-0.39, 0.29) is 5.75 Å². The van der Waals surface area contributed by atoms with Crippen molar-refractivity contribution in [3.63, 3.8) is 0 Å². The van der Waals surface area contributed by atoms with Crippen molar-refractivity contribution in [2.45, 2.75) is 38.6 Å². The zero-order valence-corrected chi connectivity index (χ0v) is 12.0. The van der Waals surface area contributed by atoms with E-state index in [4.69, 9.17) is 0 Å². The monoisotopic (exact) mass is 283 g/mol. The molecule has 2 rings (SSSR count). The summed E-state index contributed by atoms with van der Waals surface area (Å²) in [6, 6.07) is 3.86. The molecule has 1 aromatic rings. The average molecular weight is 283 g/mol. The lowest BCUT2D eigenvalue weighted by molar-refractivity contribution is 0.393. The summed E-state index contributed by atoms with van der Waals surface area (Å²) in [6.45, 7) is 2.91. The Bertz CT molecular complexity index is 493. The van der Waals surface area contributed by atoms with Gasteiger partial charge in [-0.25, -0.2) is 13.4 Å². The normalized spacial score (nSPS) is 20.2. The molecular formula is C13H21N3O2S. The summed E-state index contributed by atoms with van der Waals surface area (Å²) in [6.07, 6.45) is 5.75. The van der Waals surface area contributed by atoms with Gasteiger partial charge in [0.15, 0.2) is 0 Å². The highest BCUT2D eigenvalue weighted by molar-refractivity contribution is 7.92. The van der Waals surface area contributed by atoms with E-state index in [0.29, 0.717) is 18.3 Å². The molecule has 0 amide bonds. The van der Waals surface area contributed by atoms with Crippen LogP contribution in [0.2, 0.25) is 0 Å². The van der Waals surface area contributed by atoms with Crippen LogP contribution >= 0.6 is 0 Å². The number of piperidine rings is 1. The van der Waals surface area contributed by atoms with Crippen LogP contribution in [0.15, 0.2) is 18.3 Å². The second-order valence-electron chi connectivity index (χ2n) is 5.08. The molecule has 106 valence electrons. The van der Waals surface area contributed by atoms with Gasteiger partial charge >= 0.3 is 0 Å². The molecule has 1 aromatic heterocycles. The zero-order valence-electron chi connectivity index (χ0n) is 11.2. The predicted molar refractivity (Wildman–Crippen MR) is 76.6 cm³/mol. The van der Waals surface area contributed by atoms with Gasteiger partial charge in [0.25, 0.3) is 0 Å². The van der Waals surface area contributed by atoms with Crippen LogP contribution in [0.5, 0.6) is 0 Å². The number of anilines is 1. The van der Waals surface area contributed by atoms with Crippen molar-refractivity contribution >= 4 is 15.8 Å². The Hall–Kier alpha value is -1.14. The van der Waals surface area contributed by atoms with Gasteiger partial charge < -0.3 is 5.32 Å². The molecule has 0 bridgehead atoms. The number of aryl methyl sites for hydroxylation is 1. The molecule has 1 fully saturated rings. The molecule has 6 heteroatoms. The predicted octanol–water partition coefficient (Wildman–Crippen LogP) is 1.66. The summed E-state index contributed by atoms with van der Waals surface area (Å²) in [5.41, 5.74) is 1.01. The lowest BCUT2D eigenvalue weighted by Crippen LogP contribution is -2.36. The van der Waals surface area contributed by atoms with Crippen LogP contribution in [0, 0.1) is 6.92 Å². The summed E-state index contributed by atoms with van der Waals surface area (Å²) >= 11 is 0. The third-order valence-electron chi connectivity index (χ3n) is 3.32. The van der Waals surface area contributed by atoms with Gasteiger partial charge in [-0.2, -0.15) is 0 Å². The van der Waals surface area contributed by atoms with Crippen molar-refractivity contribution in [1.82, 2.24) is 10.3 Å². The number of hydrogen-bond acceptors (Lipinski definition) is 4. The lowest BCUT2D eigenvalue weighted by atomic mass is 10.0. The Morgan fingerprint density at radius 3 is 2.89 bits per heavy atom. The highest BCUT2D eigenvalue weighted by atomic mass is 32.2. The second kappa shape index (κ2) is 6.34. The average Bonchev–Trinajstić information content (AvgIpc) is 2.40. The molecule has 1 aliphatic rings. The molecule has 0 aromatic carbocycles. The Kier molecular flexibility index (Phi) is 4.76. The third kappa shape index (κ3) is 4.80. The number of rotatable bonds is 5. The first-order valence-electron chi connectivity index (χ1n) is 6.72. The van der Waals surface area contributed by atoms with Crippen molar-refractivity contribution < 1.29 is 8.42 Å². The van der Waals surface area contributed by atoms with Gasteiger partial charge in [0, 0.05) is 12.2 Å². The maximum absolute atomic E-state index is 11.9. The van der Waals surface area contributed by atoms with Crippen LogP contribution in [0.3, 0.4) is 0 Å². The van der Waals surface area contributed by atoms with Crippen molar-refractivity contribution in [2.24, 2.45) is 0 Å². The number of aromatic nitrogens is 1. The topological polar surface area (TPSA) is 71.1 Å². The van der Waals surface area contributed by atoms with Crippen LogP contribution in [0.4, 0.5) is 5.82 Å². The first-order chi connectivity index (χ1) is 9.05. The highest BCUT2D eigenvalue weighted by Gasteiger charge is 2.17. The number of nitrogens with one attached hydrogen (secondary N) is 2. The fourth-order valence-electron chi connectivity index (χ4n) is 2.21. The minimum atomic E-state index is -3.30. The van der Waals surface area contributed by atoms with Crippen molar-refractivity contribution in [3.05, 3.63) is 23.9 Å². The first kappa shape index (κ1) is 14.3. The number of hydrogen-bond donors (Lipinski definition) is 2. The van der Waals surface area contributed by atoms with Crippen molar-refractivity contribution in [2.75, 3.05) is 17.0 Å². The second-order valence-corrected chi connectivity index (χ2v) is 6.92. The SMILES string of the molecule is Cc1ccc(NS(=O)(=O)CCC2CCCCN2)nc1. The van der Waals surface area contributed by atoms with E-state index in [1.165, 1.54) is 12.8 Å². The first-order valence-corrected chi connectivity index (χ1v) is 8.37.